The Hall–Kier alpha value is -0.340. The summed E-state index contributed by atoms with van der Waals surface area (Å²) in [6.45, 7) is 13.4. The maximum absolute atomic E-state index is 5.09. The van der Waals surface area contributed by atoms with Gasteiger partial charge < -0.3 is 10.1 Å². The van der Waals surface area contributed by atoms with Gasteiger partial charge in [-0.3, -0.25) is 0 Å². The Morgan fingerprint density at radius 3 is 2.57 bits per heavy atom. The van der Waals surface area contributed by atoms with Gasteiger partial charge in [0.1, 0.15) is 0 Å². The van der Waals surface area contributed by atoms with Crippen molar-refractivity contribution in [2.45, 2.75) is 27.2 Å². The normalized spacial score (nSPS) is 15.5. The molecule has 0 aliphatic carbocycles. The first kappa shape index (κ1) is 13.7. The van der Waals surface area contributed by atoms with E-state index in [1.54, 1.807) is 7.11 Å². The molecular weight excluding hydrogens is 174 g/mol. The van der Waals surface area contributed by atoms with Crippen molar-refractivity contribution >= 4 is 0 Å². The van der Waals surface area contributed by atoms with Crippen LogP contribution in [0.3, 0.4) is 0 Å². The summed E-state index contributed by atoms with van der Waals surface area (Å²) >= 11 is 0. The van der Waals surface area contributed by atoms with Crippen molar-refractivity contribution in [1.82, 2.24) is 5.32 Å². The highest BCUT2D eigenvalue weighted by Gasteiger charge is 2.19. The first-order chi connectivity index (χ1) is 6.54. The summed E-state index contributed by atoms with van der Waals surface area (Å²) < 4.78 is 5.09. The lowest BCUT2D eigenvalue weighted by Crippen LogP contribution is -2.33. The fourth-order valence-corrected chi connectivity index (χ4v) is 1.24. The number of hydrogen-bond acceptors (Lipinski definition) is 2. The van der Waals surface area contributed by atoms with Crippen LogP contribution in [-0.4, -0.2) is 26.8 Å². The molecule has 0 saturated heterocycles. The molecule has 0 heterocycles. The Morgan fingerprint density at radius 2 is 2.14 bits per heavy atom. The highest BCUT2D eigenvalue weighted by Crippen LogP contribution is 2.21. The molecule has 0 aromatic carbocycles. The van der Waals surface area contributed by atoms with E-state index in [9.17, 15) is 0 Å². The lowest BCUT2D eigenvalue weighted by Gasteiger charge is -2.26. The maximum Gasteiger partial charge on any atom is 0.0470 e. The number of hydrogen-bond donors (Lipinski definition) is 1. The van der Waals surface area contributed by atoms with Crippen LogP contribution >= 0.6 is 0 Å². The number of nitrogens with one attached hydrogen (secondary N) is 1. The Kier molecular flexibility index (Phi) is 6.85. The van der Waals surface area contributed by atoms with Crippen molar-refractivity contribution in [2.75, 3.05) is 26.8 Å². The largest absolute Gasteiger partial charge is 0.385 e. The van der Waals surface area contributed by atoms with Crippen LogP contribution in [0, 0.1) is 11.3 Å². The summed E-state index contributed by atoms with van der Waals surface area (Å²) in [5.41, 5.74) is 0.158. The van der Waals surface area contributed by atoms with Crippen molar-refractivity contribution in [3.63, 3.8) is 0 Å². The van der Waals surface area contributed by atoms with Crippen molar-refractivity contribution in [3.8, 4) is 0 Å². The van der Waals surface area contributed by atoms with Crippen LogP contribution < -0.4 is 5.32 Å². The summed E-state index contributed by atoms with van der Waals surface area (Å²) in [5, 5.41) is 3.46. The van der Waals surface area contributed by atoms with Gasteiger partial charge in [0.2, 0.25) is 0 Å². The zero-order valence-corrected chi connectivity index (χ0v) is 10.1. The zero-order valence-electron chi connectivity index (χ0n) is 10.1. The Balaban J connectivity index is 3.80. The predicted molar refractivity (Wildman–Crippen MR) is 62.5 cm³/mol. The van der Waals surface area contributed by atoms with Gasteiger partial charge in [-0.2, -0.15) is 0 Å². The molecule has 0 rings (SSSR count). The standard InChI is InChI=1S/C12H25NO/c1-6-12(4,7-8-14-5)10-13-9-11(2)3/h6,11,13H,1,7-10H2,2-5H3. The third kappa shape index (κ3) is 6.17. The van der Waals surface area contributed by atoms with E-state index in [1.165, 1.54) is 0 Å². The second kappa shape index (κ2) is 7.02. The average Bonchev–Trinajstić information content (AvgIpc) is 2.14. The molecule has 1 unspecified atom stereocenters. The van der Waals surface area contributed by atoms with E-state index >= 15 is 0 Å². The summed E-state index contributed by atoms with van der Waals surface area (Å²) in [4.78, 5) is 0. The molecule has 0 bridgehead atoms. The minimum absolute atomic E-state index is 0.158. The smallest absolute Gasteiger partial charge is 0.0470 e. The predicted octanol–water partition coefficient (Wildman–Crippen LogP) is 2.46. The van der Waals surface area contributed by atoms with Crippen LogP contribution in [-0.2, 0) is 4.74 Å². The first-order valence-electron chi connectivity index (χ1n) is 5.37. The SMILES string of the molecule is C=CC(C)(CCOC)CNCC(C)C. The number of rotatable bonds is 8. The fraction of sp³-hybridized carbons (Fsp3) is 0.833. The van der Waals surface area contributed by atoms with Gasteiger partial charge in [-0.1, -0.05) is 26.8 Å². The van der Waals surface area contributed by atoms with E-state index in [0.717, 1.165) is 26.1 Å². The van der Waals surface area contributed by atoms with Crippen molar-refractivity contribution in [1.29, 1.82) is 0 Å². The molecule has 0 saturated carbocycles. The molecule has 0 aliphatic heterocycles. The fourth-order valence-electron chi connectivity index (χ4n) is 1.24. The van der Waals surface area contributed by atoms with Crippen LogP contribution in [0.1, 0.15) is 27.2 Å². The minimum atomic E-state index is 0.158. The molecule has 2 heteroatoms. The zero-order chi connectivity index (χ0) is 11.0. The van der Waals surface area contributed by atoms with E-state index in [0.29, 0.717) is 5.92 Å². The van der Waals surface area contributed by atoms with Gasteiger partial charge in [0.05, 0.1) is 0 Å². The first-order valence-corrected chi connectivity index (χ1v) is 5.37. The van der Waals surface area contributed by atoms with Crippen LogP contribution in [0.2, 0.25) is 0 Å². The molecule has 2 nitrogen and oxygen atoms in total. The van der Waals surface area contributed by atoms with E-state index in [2.05, 4.69) is 32.7 Å². The summed E-state index contributed by atoms with van der Waals surface area (Å²) in [6.07, 6.45) is 3.05. The maximum atomic E-state index is 5.09. The van der Waals surface area contributed by atoms with Crippen LogP contribution in [0.15, 0.2) is 12.7 Å². The van der Waals surface area contributed by atoms with Crippen LogP contribution in [0.4, 0.5) is 0 Å². The van der Waals surface area contributed by atoms with Crippen molar-refractivity contribution < 1.29 is 4.74 Å². The lowest BCUT2D eigenvalue weighted by molar-refractivity contribution is 0.161. The van der Waals surface area contributed by atoms with E-state index in [1.807, 2.05) is 6.08 Å². The third-order valence-corrected chi connectivity index (χ3v) is 2.45. The van der Waals surface area contributed by atoms with Gasteiger partial charge in [0.15, 0.2) is 0 Å². The summed E-state index contributed by atoms with van der Waals surface area (Å²) in [6, 6.07) is 0. The molecule has 0 aromatic rings. The molecule has 1 atom stereocenters. The lowest BCUT2D eigenvalue weighted by atomic mass is 9.87. The topological polar surface area (TPSA) is 21.3 Å². The average molecular weight is 199 g/mol. The Bertz CT molecular complexity index is 156. The van der Waals surface area contributed by atoms with Crippen molar-refractivity contribution in [3.05, 3.63) is 12.7 Å². The van der Waals surface area contributed by atoms with E-state index < -0.39 is 0 Å². The minimum Gasteiger partial charge on any atom is -0.385 e. The third-order valence-electron chi connectivity index (χ3n) is 2.45. The molecule has 0 spiro atoms. The van der Waals surface area contributed by atoms with Crippen LogP contribution in [0.25, 0.3) is 0 Å². The molecule has 0 amide bonds. The molecular formula is C12H25NO. The molecule has 0 radical (unpaired) electrons. The van der Waals surface area contributed by atoms with Gasteiger partial charge in [-0.05, 0) is 24.3 Å². The highest BCUT2D eigenvalue weighted by atomic mass is 16.5. The number of methoxy groups -OCH3 is 1. The molecule has 0 fully saturated rings. The second-order valence-electron chi connectivity index (χ2n) is 4.63. The van der Waals surface area contributed by atoms with Crippen molar-refractivity contribution in [2.24, 2.45) is 11.3 Å². The van der Waals surface area contributed by atoms with E-state index in [-0.39, 0.29) is 5.41 Å². The van der Waals surface area contributed by atoms with Crippen LogP contribution in [0.5, 0.6) is 0 Å². The van der Waals surface area contributed by atoms with Gasteiger partial charge >= 0.3 is 0 Å². The number of ether oxygens (including phenoxy) is 1. The van der Waals surface area contributed by atoms with Gasteiger partial charge in [-0.15, -0.1) is 6.58 Å². The molecule has 0 aliphatic rings. The Morgan fingerprint density at radius 1 is 1.50 bits per heavy atom. The van der Waals surface area contributed by atoms with Gasteiger partial charge in [0, 0.05) is 20.3 Å². The van der Waals surface area contributed by atoms with Gasteiger partial charge in [-0.25, -0.2) is 0 Å². The van der Waals surface area contributed by atoms with Gasteiger partial charge in [0.25, 0.3) is 0 Å². The van der Waals surface area contributed by atoms with E-state index in [4.69, 9.17) is 4.74 Å². The molecule has 84 valence electrons. The Labute approximate surface area is 88.7 Å². The molecule has 14 heavy (non-hydrogen) atoms. The second-order valence-corrected chi connectivity index (χ2v) is 4.63. The summed E-state index contributed by atoms with van der Waals surface area (Å²) in [7, 11) is 1.74. The summed E-state index contributed by atoms with van der Waals surface area (Å²) in [5.74, 6) is 0.700. The highest BCUT2D eigenvalue weighted by molar-refractivity contribution is 4.92. The quantitative estimate of drug-likeness (QED) is 0.606. The molecule has 0 aromatic heterocycles. The molecule has 1 N–H and O–H groups in total. The monoisotopic (exact) mass is 199 g/mol.